The van der Waals surface area contributed by atoms with Crippen LogP contribution in [0.5, 0.6) is 0 Å². The number of allylic oxidation sites excluding steroid dienone is 1. The van der Waals surface area contributed by atoms with Crippen molar-refractivity contribution in [3.63, 3.8) is 0 Å². The van der Waals surface area contributed by atoms with E-state index in [4.69, 9.17) is 4.43 Å². The second-order valence-electron chi connectivity index (χ2n) is 5.83. The van der Waals surface area contributed by atoms with E-state index in [1.807, 2.05) is 12.0 Å². The van der Waals surface area contributed by atoms with Crippen molar-refractivity contribution in [3.05, 3.63) is 60.0 Å². The van der Waals surface area contributed by atoms with Gasteiger partial charge in [-0.1, -0.05) is 50.7 Å². The van der Waals surface area contributed by atoms with Gasteiger partial charge in [-0.25, -0.2) is 0 Å². The van der Waals surface area contributed by atoms with Crippen LogP contribution in [-0.4, -0.2) is 8.32 Å². The first kappa shape index (κ1) is 15.8. The van der Waals surface area contributed by atoms with Crippen molar-refractivity contribution >= 4 is 8.32 Å². The largest absolute Gasteiger partial charge is 0.546 e. The maximum atomic E-state index is 5.81. The molecule has 0 spiro atoms. The highest BCUT2D eigenvalue weighted by Crippen LogP contribution is 2.27. The van der Waals surface area contributed by atoms with E-state index in [0.717, 1.165) is 0 Å². The summed E-state index contributed by atoms with van der Waals surface area (Å²) in [5, 5.41) is 0. The lowest BCUT2D eigenvalue weighted by atomic mass is 9.90. The zero-order valence-electron chi connectivity index (χ0n) is 12.8. The fraction of sp³-hybridized carbons (Fsp3) is 0.412. The van der Waals surface area contributed by atoms with Crippen molar-refractivity contribution in [1.82, 2.24) is 0 Å². The summed E-state index contributed by atoms with van der Waals surface area (Å²) in [6, 6.07) is 8.64. The first-order valence-electron chi connectivity index (χ1n) is 6.94. The maximum absolute atomic E-state index is 5.81. The summed E-state index contributed by atoms with van der Waals surface area (Å²) in [5.74, 6) is 0.917. The molecular formula is C17H26OSi. The maximum Gasteiger partial charge on any atom is 0.268 e. The fourth-order valence-corrected chi connectivity index (χ4v) is 2.46. The Morgan fingerprint density at radius 1 is 1.11 bits per heavy atom. The zero-order valence-corrected chi connectivity index (χ0v) is 13.8. The SMILES string of the molecule is C=C[Si](C)(C)OC=CC(C)c1ccccc1C(C)C. The molecule has 0 aliphatic rings. The van der Waals surface area contributed by atoms with Gasteiger partial charge < -0.3 is 4.43 Å². The molecule has 1 atom stereocenters. The monoisotopic (exact) mass is 274 g/mol. The Morgan fingerprint density at radius 2 is 1.68 bits per heavy atom. The van der Waals surface area contributed by atoms with E-state index >= 15 is 0 Å². The Bertz CT molecular complexity index is 446. The summed E-state index contributed by atoms with van der Waals surface area (Å²) in [6.07, 6.45) is 4.00. The van der Waals surface area contributed by atoms with E-state index in [-0.39, 0.29) is 0 Å². The van der Waals surface area contributed by atoms with Crippen molar-refractivity contribution < 1.29 is 4.43 Å². The molecule has 0 amide bonds. The standard InChI is InChI=1S/C17H26OSi/c1-7-19(5,6)18-13-12-15(4)17-11-9-8-10-16(17)14(2)3/h7-15H,1H2,2-6H3. The Balaban J connectivity index is 2.81. The smallest absolute Gasteiger partial charge is 0.268 e. The quantitative estimate of drug-likeness (QED) is 0.500. The van der Waals surface area contributed by atoms with Crippen molar-refractivity contribution in [2.24, 2.45) is 0 Å². The Kier molecular flexibility index (Phi) is 5.61. The molecule has 1 nitrogen and oxygen atoms in total. The van der Waals surface area contributed by atoms with E-state index in [1.54, 1.807) is 0 Å². The topological polar surface area (TPSA) is 9.23 Å². The average Bonchev–Trinajstić information content (AvgIpc) is 2.38. The Hall–Kier alpha value is -1.28. The van der Waals surface area contributed by atoms with Gasteiger partial charge in [-0.2, -0.15) is 0 Å². The van der Waals surface area contributed by atoms with E-state index in [2.05, 4.69) is 70.8 Å². The summed E-state index contributed by atoms with van der Waals surface area (Å²) in [7, 11) is -1.70. The summed E-state index contributed by atoms with van der Waals surface area (Å²) in [6.45, 7) is 14.8. The molecule has 19 heavy (non-hydrogen) atoms. The molecule has 1 rings (SSSR count). The van der Waals surface area contributed by atoms with Crippen LogP contribution in [0.25, 0.3) is 0 Å². The lowest BCUT2D eigenvalue weighted by molar-refractivity contribution is 0.481. The lowest BCUT2D eigenvalue weighted by Crippen LogP contribution is -2.24. The minimum absolute atomic E-state index is 0.369. The van der Waals surface area contributed by atoms with Gasteiger partial charge in [0, 0.05) is 5.92 Å². The van der Waals surface area contributed by atoms with Gasteiger partial charge in [0.15, 0.2) is 0 Å². The van der Waals surface area contributed by atoms with Gasteiger partial charge in [0.25, 0.3) is 8.32 Å². The van der Waals surface area contributed by atoms with Crippen molar-refractivity contribution in [2.45, 2.75) is 45.7 Å². The predicted molar refractivity (Wildman–Crippen MR) is 86.9 cm³/mol. The van der Waals surface area contributed by atoms with Crippen molar-refractivity contribution in [2.75, 3.05) is 0 Å². The number of hydrogen-bond donors (Lipinski definition) is 0. The number of rotatable bonds is 6. The van der Waals surface area contributed by atoms with Crippen LogP contribution in [-0.2, 0) is 4.43 Å². The molecule has 0 bridgehead atoms. The molecule has 0 radical (unpaired) electrons. The van der Waals surface area contributed by atoms with Gasteiger partial charge in [0.05, 0.1) is 6.26 Å². The molecule has 104 valence electrons. The molecule has 0 heterocycles. The van der Waals surface area contributed by atoms with E-state index in [9.17, 15) is 0 Å². The van der Waals surface area contributed by atoms with Gasteiger partial charge >= 0.3 is 0 Å². The molecule has 0 saturated heterocycles. The third kappa shape index (κ3) is 4.71. The molecule has 0 N–H and O–H groups in total. The fourth-order valence-electron chi connectivity index (χ4n) is 1.94. The van der Waals surface area contributed by atoms with Gasteiger partial charge in [-0.05, 0) is 36.2 Å². The van der Waals surface area contributed by atoms with Crippen LogP contribution in [0.3, 0.4) is 0 Å². The molecule has 1 unspecified atom stereocenters. The number of benzene rings is 1. The van der Waals surface area contributed by atoms with Crippen LogP contribution < -0.4 is 0 Å². The lowest BCUT2D eigenvalue weighted by Gasteiger charge is -2.18. The van der Waals surface area contributed by atoms with E-state index in [0.29, 0.717) is 11.8 Å². The molecule has 1 aromatic carbocycles. The Labute approximate surface area is 119 Å². The molecular weight excluding hydrogens is 248 g/mol. The van der Waals surface area contributed by atoms with Gasteiger partial charge in [0.2, 0.25) is 0 Å². The van der Waals surface area contributed by atoms with Crippen LogP contribution in [0.1, 0.15) is 43.7 Å². The molecule has 0 aliphatic carbocycles. The predicted octanol–water partition coefficient (Wildman–Crippen LogP) is 5.37. The molecule has 0 fully saturated rings. The number of hydrogen-bond acceptors (Lipinski definition) is 1. The summed E-state index contributed by atoms with van der Waals surface area (Å²) < 4.78 is 5.81. The van der Waals surface area contributed by atoms with Crippen LogP contribution in [0.4, 0.5) is 0 Å². The highest BCUT2D eigenvalue weighted by atomic mass is 28.4. The molecule has 0 saturated carbocycles. The first-order valence-corrected chi connectivity index (χ1v) is 9.93. The van der Waals surface area contributed by atoms with Crippen LogP contribution in [0.15, 0.2) is 48.9 Å². The van der Waals surface area contributed by atoms with Crippen LogP contribution in [0, 0.1) is 0 Å². The minimum Gasteiger partial charge on any atom is -0.546 e. The molecule has 0 aromatic heterocycles. The van der Waals surface area contributed by atoms with Gasteiger partial charge in [-0.3, -0.25) is 0 Å². The van der Waals surface area contributed by atoms with E-state index < -0.39 is 8.32 Å². The highest BCUT2D eigenvalue weighted by Gasteiger charge is 2.17. The van der Waals surface area contributed by atoms with Gasteiger partial charge in [-0.15, -0.1) is 6.58 Å². The zero-order chi connectivity index (χ0) is 14.5. The van der Waals surface area contributed by atoms with Gasteiger partial charge in [0.1, 0.15) is 0 Å². The van der Waals surface area contributed by atoms with Crippen molar-refractivity contribution in [1.29, 1.82) is 0 Å². The minimum atomic E-state index is -1.70. The third-order valence-corrected chi connectivity index (χ3v) is 5.07. The first-order chi connectivity index (χ1) is 8.87. The Morgan fingerprint density at radius 3 is 2.21 bits per heavy atom. The second kappa shape index (κ2) is 6.76. The molecule has 0 aliphatic heterocycles. The molecule has 2 heteroatoms. The average molecular weight is 274 g/mol. The van der Waals surface area contributed by atoms with Crippen LogP contribution >= 0.6 is 0 Å². The summed E-state index contributed by atoms with van der Waals surface area (Å²) in [4.78, 5) is 0. The molecule has 1 aromatic rings. The second-order valence-corrected chi connectivity index (χ2v) is 9.68. The summed E-state index contributed by atoms with van der Waals surface area (Å²) in [5.41, 5.74) is 4.75. The van der Waals surface area contributed by atoms with Crippen LogP contribution in [0.2, 0.25) is 13.1 Å². The van der Waals surface area contributed by atoms with E-state index in [1.165, 1.54) is 11.1 Å². The normalized spacial score (nSPS) is 13.8. The summed E-state index contributed by atoms with van der Waals surface area (Å²) >= 11 is 0. The highest BCUT2D eigenvalue weighted by molar-refractivity contribution is 6.76. The van der Waals surface area contributed by atoms with Crippen molar-refractivity contribution in [3.8, 4) is 0 Å². The third-order valence-electron chi connectivity index (χ3n) is 3.34.